The third kappa shape index (κ3) is 2.19. The second-order valence-electron chi connectivity index (χ2n) is 6.02. The molecule has 124 valence electrons. The van der Waals surface area contributed by atoms with Crippen LogP contribution in [-0.2, 0) is 7.05 Å². The fourth-order valence-electron chi connectivity index (χ4n) is 3.47. The summed E-state index contributed by atoms with van der Waals surface area (Å²) in [6.45, 7) is 2.62. The molecule has 4 rings (SSSR count). The second kappa shape index (κ2) is 5.59. The van der Waals surface area contributed by atoms with Gasteiger partial charge in [-0.05, 0) is 25.8 Å². The van der Waals surface area contributed by atoms with E-state index < -0.39 is 0 Å². The van der Waals surface area contributed by atoms with Gasteiger partial charge in [-0.3, -0.25) is 9.48 Å². The number of carbonyl (C=O) groups excluding carboxylic acids is 1. The van der Waals surface area contributed by atoms with E-state index in [1.165, 1.54) is 0 Å². The van der Waals surface area contributed by atoms with Crippen LogP contribution in [0.25, 0.3) is 5.65 Å². The number of likely N-dealkylation sites (tertiary alicyclic amines) is 1. The molecule has 1 fully saturated rings. The maximum atomic E-state index is 13.1. The minimum atomic E-state index is -0.0643. The number of carbonyl (C=O) groups is 1. The standard InChI is InChI=1S/C16H17ClN6O/c1-10-13(14(17)21(2)20-10)12-5-3-7-22(12)16(24)11-9-19-23-8-4-6-18-15(11)23/h4,6,8-9,12H,3,5,7H2,1-2H3/t12-/m0/s1. The van der Waals surface area contributed by atoms with E-state index in [2.05, 4.69) is 15.2 Å². The predicted molar refractivity (Wildman–Crippen MR) is 89.0 cm³/mol. The zero-order valence-electron chi connectivity index (χ0n) is 13.5. The van der Waals surface area contributed by atoms with E-state index in [0.717, 1.165) is 24.1 Å². The van der Waals surface area contributed by atoms with E-state index in [1.54, 1.807) is 33.9 Å². The van der Waals surface area contributed by atoms with Crippen LogP contribution in [0.2, 0.25) is 5.15 Å². The van der Waals surface area contributed by atoms with Crippen molar-refractivity contribution in [1.82, 2.24) is 29.3 Å². The third-order valence-corrected chi connectivity index (χ3v) is 5.00. The number of hydrogen-bond acceptors (Lipinski definition) is 4. The Balaban J connectivity index is 1.74. The van der Waals surface area contributed by atoms with Crippen LogP contribution in [0.4, 0.5) is 0 Å². The average molecular weight is 345 g/mol. The normalized spacial score (nSPS) is 17.8. The quantitative estimate of drug-likeness (QED) is 0.716. The molecule has 0 spiro atoms. The van der Waals surface area contributed by atoms with E-state index in [-0.39, 0.29) is 11.9 Å². The van der Waals surface area contributed by atoms with Crippen molar-refractivity contribution in [2.75, 3.05) is 6.54 Å². The van der Waals surface area contributed by atoms with Gasteiger partial charge in [0.2, 0.25) is 0 Å². The van der Waals surface area contributed by atoms with Crippen LogP contribution in [0.5, 0.6) is 0 Å². The Morgan fingerprint density at radius 3 is 3.00 bits per heavy atom. The van der Waals surface area contributed by atoms with Crippen LogP contribution in [0.1, 0.15) is 40.5 Å². The Morgan fingerprint density at radius 2 is 2.25 bits per heavy atom. The van der Waals surface area contributed by atoms with Gasteiger partial charge in [-0.25, -0.2) is 9.50 Å². The first-order valence-electron chi connectivity index (χ1n) is 7.86. The number of fused-ring (bicyclic) bond motifs is 1. The molecule has 0 unspecified atom stereocenters. The molecule has 0 aromatic carbocycles. The SMILES string of the molecule is Cc1nn(C)c(Cl)c1[C@@H]1CCCN1C(=O)c1cnn2cccnc12. The Hall–Kier alpha value is -2.41. The smallest absolute Gasteiger partial charge is 0.259 e. The minimum Gasteiger partial charge on any atom is -0.331 e. The van der Waals surface area contributed by atoms with Crippen molar-refractivity contribution < 1.29 is 4.79 Å². The second-order valence-corrected chi connectivity index (χ2v) is 6.37. The molecule has 0 saturated carbocycles. The molecule has 0 bridgehead atoms. The first kappa shape index (κ1) is 15.1. The van der Waals surface area contributed by atoms with Gasteiger partial charge in [0.1, 0.15) is 10.7 Å². The number of rotatable bonds is 2. The van der Waals surface area contributed by atoms with Crippen LogP contribution in [0.15, 0.2) is 24.7 Å². The lowest BCUT2D eigenvalue weighted by Crippen LogP contribution is -2.31. The lowest BCUT2D eigenvalue weighted by Gasteiger charge is -2.24. The van der Waals surface area contributed by atoms with Crippen molar-refractivity contribution in [2.24, 2.45) is 7.05 Å². The van der Waals surface area contributed by atoms with Gasteiger partial charge < -0.3 is 4.90 Å². The first-order valence-corrected chi connectivity index (χ1v) is 8.24. The van der Waals surface area contributed by atoms with Crippen LogP contribution in [-0.4, -0.2) is 41.7 Å². The third-order valence-electron chi connectivity index (χ3n) is 4.55. The fraction of sp³-hybridized carbons (Fsp3) is 0.375. The van der Waals surface area contributed by atoms with Crippen molar-refractivity contribution in [1.29, 1.82) is 0 Å². The molecule has 1 atom stereocenters. The van der Waals surface area contributed by atoms with E-state index in [9.17, 15) is 4.79 Å². The molecule has 1 aliphatic rings. The molecule has 3 aromatic rings. The highest BCUT2D eigenvalue weighted by atomic mass is 35.5. The van der Waals surface area contributed by atoms with Crippen molar-refractivity contribution in [2.45, 2.75) is 25.8 Å². The average Bonchev–Trinajstić information content (AvgIpc) is 3.26. The van der Waals surface area contributed by atoms with Crippen LogP contribution >= 0.6 is 11.6 Å². The molecule has 0 aliphatic carbocycles. The maximum absolute atomic E-state index is 13.1. The summed E-state index contributed by atoms with van der Waals surface area (Å²) in [5.74, 6) is -0.0643. The maximum Gasteiger partial charge on any atom is 0.259 e. The topological polar surface area (TPSA) is 68.3 Å². The lowest BCUT2D eigenvalue weighted by atomic mass is 10.1. The van der Waals surface area contributed by atoms with Gasteiger partial charge in [-0.2, -0.15) is 10.2 Å². The van der Waals surface area contributed by atoms with E-state index >= 15 is 0 Å². The zero-order valence-corrected chi connectivity index (χ0v) is 14.2. The predicted octanol–water partition coefficient (Wildman–Crippen LogP) is 2.40. The van der Waals surface area contributed by atoms with Gasteiger partial charge in [0.25, 0.3) is 5.91 Å². The van der Waals surface area contributed by atoms with Gasteiger partial charge >= 0.3 is 0 Å². The molecule has 0 radical (unpaired) electrons. The van der Waals surface area contributed by atoms with Crippen molar-refractivity contribution in [3.05, 3.63) is 46.6 Å². The molecule has 1 amide bonds. The largest absolute Gasteiger partial charge is 0.331 e. The highest BCUT2D eigenvalue weighted by Gasteiger charge is 2.35. The number of hydrogen-bond donors (Lipinski definition) is 0. The van der Waals surface area contributed by atoms with Crippen LogP contribution in [0.3, 0.4) is 0 Å². The van der Waals surface area contributed by atoms with Gasteiger partial charge in [0.05, 0.1) is 17.9 Å². The highest BCUT2D eigenvalue weighted by molar-refractivity contribution is 6.30. The van der Waals surface area contributed by atoms with Gasteiger partial charge in [0.15, 0.2) is 5.65 Å². The molecule has 1 saturated heterocycles. The molecule has 24 heavy (non-hydrogen) atoms. The van der Waals surface area contributed by atoms with Crippen molar-refractivity contribution in [3.8, 4) is 0 Å². The molecule has 3 aromatic heterocycles. The molecule has 1 aliphatic heterocycles. The fourth-order valence-corrected chi connectivity index (χ4v) is 3.77. The Bertz CT molecular complexity index is 930. The number of nitrogens with zero attached hydrogens (tertiary/aromatic N) is 6. The van der Waals surface area contributed by atoms with Gasteiger partial charge in [-0.1, -0.05) is 11.6 Å². The summed E-state index contributed by atoms with van der Waals surface area (Å²) in [5.41, 5.74) is 2.89. The molecule has 4 heterocycles. The zero-order chi connectivity index (χ0) is 16.8. The summed E-state index contributed by atoms with van der Waals surface area (Å²) in [6, 6.07) is 1.73. The monoisotopic (exact) mass is 344 g/mol. The highest BCUT2D eigenvalue weighted by Crippen LogP contribution is 2.38. The Morgan fingerprint density at radius 1 is 1.42 bits per heavy atom. The summed E-state index contributed by atoms with van der Waals surface area (Å²) in [6.07, 6.45) is 6.84. The molecular formula is C16H17ClN6O. The minimum absolute atomic E-state index is 0.0580. The van der Waals surface area contributed by atoms with Gasteiger partial charge in [0, 0.05) is 31.5 Å². The molecule has 8 heteroatoms. The van der Waals surface area contributed by atoms with Crippen LogP contribution in [0, 0.1) is 6.92 Å². The summed E-state index contributed by atoms with van der Waals surface area (Å²) >= 11 is 6.42. The van der Waals surface area contributed by atoms with Crippen molar-refractivity contribution in [3.63, 3.8) is 0 Å². The summed E-state index contributed by atoms with van der Waals surface area (Å²) in [5, 5.41) is 9.18. The number of halogens is 1. The van der Waals surface area contributed by atoms with Crippen molar-refractivity contribution >= 4 is 23.2 Å². The van der Waals surface area contributed by atoms with Gasteiger partial charge in [-0.15, -0.1) is 0 Å². The number of aromatic nitrogens is 5. The summed E-state index contributed by atoms with van der Waals surface area (Å²) in [7, 11) is 1.81. The summed E-state index contributed by atoms with van der Waals surface area (Å²) < 4.78 is 3.27. The van der Waals surface area contributed by atoms with E-state index in [4.69, 9.17) is 11.6 Å². The molecular weight excluding hydrogens is 328 g/mol. The number of amides is 1. The Kier molecular flexibility index (Phi) is 3.53. The van der Waals surface area contributed by atoms with Crippen LogP contribution < -0.4 is 0 Å². The van der Waals surface area contributed by atoms with E-state index in [1.807, 2.05) is 18.9 Å². The molecule has 7 nitrogen and oxygen atoms in total. The first-order chi connectivity index (χ1) is 11.6. The van der Waals surface area contributed by atoms with E-state index in [0.29, 0.717) is 22.9 Å². The molecule has 0 N–H and O–H groups in total. The summed E-state index contributed by atoms with van der Waals surface area (Å²) in [4.78, 5) is 19.2. The number of aryl methyl sites for hydroxylation is 2. The Labute approximate surface area is 143 Å². The lowest BCUT2D eigenvalue weighted by molar-refractivity contribution is 0.0737.